The normalized spacial score (nSPS) is 10.6. The van der Waals surface area contributed by atoms with Gasteiger partial charge in [-0.3, -0.25) is 0 Å². The Labute approximate surface area is 121 Å². The lowest BCUT2D eigenvalue weighted by atomic mass is 10.1. The van der Waals surface area contributed by atoms with Gasteiger partial charge >= 0.3 is 0 Å². The zero-order chi connectivity index (χ0) is 14.8. The second-order valence-corrected chi connectivity index (χ2v) is 4.73. The van der Waals surface area contributed by atoms with Crippen molar-refractivity contribution < 1.29 is 9.47 Å². The van der Waals surface area contributed by atoms with Crippen molar-refractivity contribution in [2.75, 3.05) is 47.5 Å². The summed E-state index contributed by atoms with van der Waals surface area (Å²) in [5.41, 5.74) is 1.63. The predicted octanol–water partition coefficient (Wildman–Crippen LogP) is 1.23. The molecule has 5 nitrogen and oxygen atoms in total. The summed E-state index contributed by atoms with van der Waals surface area (Å²) < 4.78 is 10.8. The van der Waals surface area contributed by atoms with E-state index >= 15 is 0 Å². The molecule has 0 bridgehead atoms. The number of ether oxygens (including phenoxy) is 2. The van der Waals surface area contributed by atoms with Gasteiger partial charge in [0.1, 0.15) is 5.75 Å². The number of methoxy groups -OCH3 is 1. The summed E-state index contributed by atoms with van der Waals surface area (Å²) in [7, 11) is 5.68. The maximum Gasteiger partial charge on any atom is 0.123 e. The fourth-order valence-corrected chi connectivity index (χ4v) is 1.70. The Kier molecular flexibility index (Phi) is 7.66. The summed E-state index contributed by atoms with van der Waals surface area (Å²) in [6, 6.07) is 7.56. The van der Waals surface area contributed by atoms with Crippen molar-refractivity contribution >= 4 is 0 Å². The lowest BCUT2D eigenvalue weighted by molar-refractivity contribution is 0.119. The molecule has 0 aliphatic heterocycles. The van der Waals surface area contributed by atoms with Gasteiger partial charge in [0.2, 0.25) is 0 Å². The average Bonchev–Trinajstić information content (AvgIpc) is 2.45. The summed E-state index contributed by atoms with van der Waals surface area (Å²) in [6.45, 7) is 3.77. The van der Waals surface area contributed by atoms with Gasteiger partial charge in [0.05, 0.1) is 32.0 Å². The molecule has 1 aromatic rings. The highest BCUT2D eigenvalue weighted by molar-refractivity contribution is 5.41. The minimum atomic E-state index is 0.643. The van der Waals surface area contributed by atoms with Crippen molar-refractivity contribution in [3.63, 3.8) is 0 Å². The number of nitrogens with zero attached hydrogens (tertiary/aromatic N) is 2. The highest BCUT2D eigenvalue weighted by Crippen LogP contribution is 2.19. The Morgan fingerprint density at radius 2 is 2.10 bits per heavy atom. The molecular weight excluding hydrogens is 254 g/mol. The third kappa shape index (κ3) is 6.02. The smallest absolute Gasteiger partial charge is 0.123 e. The number of benzene rings is 1. The summed E-state index contributed by atoms with van der Waals surface area (Å²) >= 11 is 0. The first kappa shape index (κ1) is 16.4. The van der Waals surface area contributed by atoms with E-state index < -0.39 is 0 Å². The van der Waals surface area contributed by atoms with Crippen LogP contribution in [-0.2, 0) is 11.3 Å². The van der Waals surface area contributed by atoms with Crippen LogP contribution >= 0.6 is 0 Å². The molecule has 0 saturated carbocycles. The van der Waals surface area contributed by atoms with E-state index in [1.807, 2.05) is 26.2 Å². The van der Waals surface area contributed by atoms with Gasteiger partial charge in [-0.25, -0.2) is 0 Å². The van der Waals surface area contributed by atoms with E-state index in [0.717, 1.165) is 31.0 Å². The van der Waals surface area contributed by atoms with Crippen LogP contribution in [0, 0.1) is 11.3 Å². The van der Waals surface area contributed by atoms with E-state index in [1.54, 1.807) is 13.2 Å². The van der Waals surface area contributed by atoms with Gasteiger partial charge in [-0.15, -0.1) is 0 Å². The Hall–Kier alpha value is -1.61. The van der Waals surface area contributed by atoms with E-state index in [1.165, 1.54) is 0 Å². The van der Waals surface area contributed by atoms with Crippen LogP contribution in [-0.4, -0.2) is 52.4 Å². The topological polar surface area (TPSA) is 57.5 Å². The van der Waals surface area contributed by atoms with E-state index in [-0.39, 0.29) is 0 Å². The third-order valence-electron chi connectivity index (χ3n) is 2.83. The number of hydrogen-bond acceptors (Lipinski definition) is 5. The Morgan fingerprint density at radius 1 is 1.30 bits per heavy atom. The first-order valence-corrected chi connectivity index (χ1v) is 6.67. The van der Waals surface area contributed by atoms with Crippen LogP contribution in [0.2, 0.25) is 0 Å². The van der Waals surface area contributed by atoms with E-state index in [9.17, 15) is 0 Å². The summed E-state index contributed by atoms with van der Waals surface area (Å²) in [6.07, 6.45) is 0. The van der Waals surface area contributed by atoms with Crippen LogP contribution in [0.1, 0.15) is 11.1 Å². The van der Waals surface area contributed by atoms with Crippen LogP contribution in [0.4, 0.5) is 0 Å². The SMILES string of the molecule is COc1ccc(C#N)cc1CNCCOCCN(C)C. The van der Waals surface area contributed by atoms with Crippen LogP contribution in [0.25, 0.3) is 0 Å². The van der Waals surface area contributed by atoms with Gasteiger partial charge in [0, 0.05) is 25.2 Å². The number of hydrogen-bond donors (Lipinski definition) is 1. The fourth-order valence-electron chi connectivity index (χ4n) is 1.70. The van der Waals surface area contributed by atoms with Crippen LogP contribution in [0.5, 0.6) is 5.75 Å². The highest BCUT2D eigenvalue weighted by atomic mass is 16.5. The van der Waals surface area contributed by atoms with Crippen LogP contribution in [0.3, 0.4) is 0 Å². The summed E-state index contributed by atoms with van der Waals surface area (Å²) in [4.78, 5) is 2.09. The molecule has 110 valence electrons. The number of nitrogens with one attached hydrogen (secondary N) is 1. The molecule has 0 saturated heterocycles. The molecule has 0 aromatic heterocycles. The minimum Gasteiger partial charge on any atom is -0.496 e. The summed E-state index contributed by atoms with van der Waals surface area (Å²) in [5, 5.41) is 12.2. The molecule has 20 heavy (non-hydrogen) atoms. The molecule has 1 N–H and O–H groups in total. The first-order valence-electron chi connectivity index (χ1n) is 6.67. The van der Waals surface area contributed by atoms with E-state index in [4.69, 9.17) is 14.7 Å². The highest BCUT2D eigenvalue weighted by Gasteiger charge is 2.04. The van der Waals surface area contributed by atoms with Crippen molar-refractivity contribution in [1.82, 2.24) is 10.2 Å². The first-order chi connectivity index (χ1) is 9.67. The zero-order valence-corrected chi connectivity index (χ0v) is 12.5. The molecular formula is C15H23N3O2. The van der Waals surface area contributed by atoms with Crippen molar-refractivity contribution in [2.45, 2.75) is 6.54 Å². The Morgan fingerprint density at radius 3 is 2.75 bits per heavy atom. The molecule has 1 rings (SSSR count). The van der Waals surface area contributed by atoms with Crippen molar-refractivity contribution in [3.05, 3.63) is 29.3 Å². The van der Waals surface area contributed by atoms with Crippen molar-refractivity contribution in [1.29, 1.82) is 5.26 Å². The molecule has 0 atom stereocenters. The molecule has 0 heterocycles. The Balaban J connectivity index is 2.29. The molecule has 0 aliphatic rings. The predicted molar refractivity (Wildman–Crippen MR) is 78.8 cm³/mol. The molecule has 0 aliphatic carbocycles. The standard InChI is InChI=1S/C15H23N3O2/c1-18(2)7-9-20-8-6-17-12-14-10-13(11-16)4-5-15(14)19-3/h4-5,10,17H,6-9,12H2,1-3H3. The van der Waals surface area contributed by atoms with Crippen LogP contribution < -0.4 is 10.1 Å². The maximum absolute atomic E-state index is 8.90. The quantitative estimate of drug-likeness (QED) is 0.688. The largest absolute Gasteiger partial charge is 0.496 e. The summed E-state index contributed by atoms with van der Waals surface area (Å²) in [5.74, 6) is 0.796. The maximum atomic E-state index is 8.90. The minimum absolute atomic E-state index is 0.643. The fraction of sp³-hybridized carbons (Fsp3) is 0.533. The van der Waals surface area contributed by atoms with E-state index in [2.05, 4.69) is 16.3 Å². The second-order valence-electron chi connectivity index (χ2n) is 4.73. The lowest BCUT2D eigenvalue weighted by Crippen LogP contribution is -2.23. The average molecular weight is 277 g/mol. The Bertz CT molecular complexity index is 441. The third-order valence-corrected chi connectivity index (χ3v) is 2.83. The second kappa shape index (κ2) is 9.32. The van der Waals surface area contributed by atoms with Crippen molar-refractivity contribution in [3.8, 4) is 11.8 Å². The number of rotatable bonds is 9. The van der Waals surface area contributed by atoms with Gasteiger partial charge < -0.3 is 19.7 Å². The molecule has 0 fully saturated rings. The van der Waals surface area contributed by atoms with Gasteiger partial charge in [0.25, 0.3) is 0 Å². The zero-order valence-electron chi connectivity index (χ0n) is 12.5. The van der Waals surface area contributed by atoms with Crippen LogP contribution in [0.15, 0.2) is 18.2 Å². The molecule has 1 aromatic carbocycles. The van der Waals surface area contributed by atoms with Gasteiger partial charge in [-0.2, -0.15) is 5.26 Å². The lowest BCUT2D eigenvalue weighted by Gasteiger charge is -2.11. The van der Waals surface area contributed by atoms with Gasteiger partial charge in [-0.05, 0) is 32.3 Å². The van der Waals surface area contributed by atoms with Gasteiger partial charge in [-0.1, -0.05) is 0 Å². The van der Waals surface area contributed by atoms with Gasteiger partial charge in [0.15, 0.2) is 0 Å². The number of nitriles is 1. The van der Waals surface area contributed by atoms with E-state index in [0.29, 0.717) is 18.7 Å². The molecule has 0 spiro atoms. The van der Waals surface area contributed by atoms with Crippen molar-refractivity contribution in [2.24, 2.45) is 0 Å². The molecule has 0 amide bonds. The monoisotopic (exact) mass is 277 g/mol. The number of likely N-dealkylation sites (N-methyl/N-ethyl adjacent to an activating group) is 1. The molecule has 0 radical (unpaired) electrons. The molecule has 0 unspecified atom stereocenters. The molecule has 5 heteroatoms.